The smallest absolute Gasteiger partial charge is 0.146 e. The van der Waals surface area contributed by atoms with Crippen molar-refractivity contribution >= 4 is 0 Å². The minimum absolute atomic E-state index is 0.148. The third-order valence-electron chi connectivity index (χ3n) is 7.85. The van der Waals surface area contributed by atoms with Crippen molar-refractivity contribution in [2.24, 2.45) is 11.8 Å². The van der Waals surface area contributed by atoms with Crippen LogP contribution < -0.4 is 21.4 Å². The first-order valence-electron chi connectivity index (χ1n) is 12.0. The van der Waals surface area contributed by atoms with Crippen molar-refractivity contribution in [1.82, 2.24) is 31.2 Å². The summed E-state index contributed by atoms with van der Waals surface area (Å²) in [6.07, 6.45) is 11.4. The van der Waals surface area contributed by atoms with E-state index in [1.165, 1.54) is 90.6 Å². The summed E-state index contributed by atoms with van der Waals surface area (Å²) in [5.74, 6) is 1.51. The van der Waals surface area contributed by atoms with Crippen LogP contribution in [-0.4, -0.2) is 80.2 Å². The molecule has 0 aromatic carbocycles. The minimum Gasteiger partial charge on any atom is -0.317 e. The summed E-state index contributed by atoms with van der Waals surface area (Å²) < 4.78 is 0. The maximum Gasteiger partial charge on any atom is 0.146 e. The standard InChI is InChI=1S/C21H40N6O/c1-2-12-26(11-1)19-14-17(7-10-23-19)20-24-21(28-25-20)18-4-3-13-27(18)15-16-5-8-22-9-6-16/h16-25H,1-15H2/t17?,18-,19?,20?,21?/m0/s1. The maximum atomic E-state index is 6.13. The Morgan fingerprint density at radius 1 is 0.893 bits per heavy atom. The highest BCUT2D eigenvalue weighted by molar-refractivity contribution is 4.93. The molecule has 0 bridgehead atoms. The van der Waals surface area contributed by atoms with Gasteiger partial charge in [0, 0.05) is 6.54 Å². The summed E-state index contributed by atoms with van der Waals surface area (Å²) in [5, 5.41) is 11.1. The van der Waals surface area contributed by atoms with Gasteiger partial charge in [-0.15, -0.1) is 0 Å². The molecule has 0 amide bonds. The quantitative estimate of drug-likeness (QED) is 0.548. The second-order valence-electron chi connectivity index (χ2n) is 9.70. The van der Waals surface area contributed by atoms with E-state index in [0.29, 0.717) is 24.3 Å². The van der Waals surface area contributed by atoms with Gasteiger partial charge in [-0.3, -0.25) is 20.0 Å². The molecule has 5 aliphatic heterocycles. The molecule has 0 aromatic rings. The fourth-order valence-electron chi connectivity index (χ4n) is 6.19. The van der Waals surface area contributed by atoms with E-state index in [1.807, 2.05) is 0 Å². The van der Waals surface area contributed by atoms with Gasteiger partial charge in [0.1, 0.15) is 6.23 Å². The first kappa shape index (κ1) is 19.7. The Hall–Kier alpha value is -0.280. The van der Waals surface area contributed by atoms with E-state index in [2.05, 4.69) is 31.2 Å². The fourth-order valence-corrected chi connectivity index (χ4v) is 6.19. The molecule has 5 heterocycles. The summed E-state index contributed by atoms with van der Waals surface area (Å²) in [4.78, 5) is 11.5. The Morgan fingerprint density at radius 2 is 1.75 bits per heavy atom. The summed E-state index contributed by atoms with van der Waals surface area (Å²) in [6.45, 7) is 8.54. The van der Waals surface area contributed by atoms with E-state index in [9.17, 15) is 0 Å². The first-order chi connectivity index (χ1) is 13.9. The molecule has 0 spiro atoms. The predicted octanol–water partition coefficient (Wildman–Crippen LogP) is 0.649. The van der Waals surface area contributed by atoms with Gasteiger partial charge in [-0.1, -0.05) is 0 Å². The minimum atomic E-state index is 0.148. The molecule has 5 fully saturated rings. The summed E-state index contributed by atoms with van der Waals surface area (Å²) in [6, 6.07) is 0.531. The van der Waals surface area contributed by atoms with Crippen molar-refractivity contribution in [3.8, 4) is 0 Å². The monoisotopic (exact) mass is 392 g/mol. The first-order valence-corrected chi connectivity index (χ1v) is 12.0. The number of hydroxylamine groups is 1. The van der Waals surface area contributed by atoms with Gasteiger partial charge in [0.25, 0.3) is 0 Å². The van der Waals surface area contributed by atoms with E-state index in [0.717, 1.165) is 12.5 Å². The number of rotatable bonds is 5. The third-order valence-corrected chi connectivity index (χ3v) is 7.85. The normalized spacial score (nSPS) is 41.8. The lowest BCUT2D eigenvalue weighted by Crippen LogP contribution is -2.54. The van der Waals surface area contributed by atoms with Gasteiger partial charge in [0.05, 0.1) is 18.4 Å². The summed E-state index contributed by atoms with van der Waals surface area (Å²) in [5.41, 5.74) is 3.39. The van der Waals surface area contributed by atoms with Crippen LogP contribution in [0.3, 0.4) is 0 Å². The summed E-state index contributed by atoms with van der Waals surface area (Å²) >= 11 is 0. The Morgan fingerprint density at radius 3 is 2.61 bits per heavy atom. The number of hydrogen-bond acceptors (Lipinski definition) is 7. The number of likely N-dealkylation sites (tertiary alicyclic amines) is 2. The van der Waals surface area contributed by atoms with Crippen molar-refractivity contribution < 1.29 is 4.84 Å². The van der Waals surface area contributed by atoms with Crippen LogP contribution in [0.25, 0.3) is 0 Å². The zero-order chi connectivity index (χ0) is 18.8. The van der Waals surface area contributed by atoms with Crippen LogP contribution in [0, 0.1) is 11.8 Å². The van der Waals surface area contributed by atoms with Crippen LogP contribution in [0.4, 0.5) is 0 Å². The molecule has 5 saturated heterocycles. The van der Waals surface area contributed by atoms with Gasteiger partial charge in [-0.25, -0.2) is 0 Å². The Kier molecular flexibility index (Phi) is 6.50. The molecular weight excluding hydrogens is 352 g/mol. The lowest BCUT2D eigenvalue weighted by atomic mass is 9.92. The Balaban J connectivity index is 1.14. The van der Waals surface area contributed by atoms with Crippen molar-refractivity contribution in [3.63, 3.8) is 0 Å². The van der Waals surface area contributed by atoms with Crippen molar-refractivity contribution in [3.05, 3.63) is 0 Å². The molecule has 0 aromatic heterocycles. The maximum absolute atomic E-state index is 6.13. The molecule has 0 radical (unpaired) electrons. The number of nitrogens with one attached hydrogen (secondary N) is 4. The zero-order valence-electron chi connectivity index (χ0n) is 17.4. The van der Waals surface area contributed by atoms with E-state index in [-0.39, 0.29) is 6.23 Å². The lowest BCUT2D eigenvalue weighted by Gasteiger charge is -2.38. The highest BCUT2D eigenvalue weighted by atomic mass is 16.7. The van der Waals surface area contributed by atoms with Crippen LogP contribution in [0.15, 0.2) is 0 Å². The molecule has 5 rings (SSSR count). The van der Waals surface area contributed by atoms with Gasteiger partial charge in [-0.05, 0) is 102 Å². The van der Waals surface area contributed by atoms with Crippen LogP contribution in [0.5, 0.6) is 0 Å². The van der Waals surface area contributed by atoms with Gasteiger partial charge >= 0.3 is 0 Å². The number of piperidine rings is 2. The molecule has 160 valence electrons. The van der Waals surface area contributed by atoms with Crippen LogP contribution in [0.1, 0.15) is 51.4 Å². The van der Waals surface area contributed by atoms with Crippen molar-refractivity contribution in [2.75, 3.05) is 45.8 Å². The third kappa shape index (κ3) is 4.41. The van der Waals surface area contributed by atoms with Crippen molar-refractivity contribution in [2.45, 2.75) is 76.0 Å². The fraction of sp³-hybridized carbons (Fsp3) is 1.00. The largest absolute Gasteiger partial charge is 0.317 e. The molecule has 0 saturated carbocycles. The Bertz CT molecular complexity index is 495. The topological polar surface area (TPSA) is 63.8 Å². The summed E-state index contributed by atoms with van der Waals surface area (Å²) in [7, 11) is 0. The molecule has 4 unspecified atom stereocenters. The lowest BCUT2D eigenvalue weighted by molar-refractivity contribution is -0.0276. The second kappa shape index (κ2) is 9.25. The second-order valence-corrected chi connectivity index (χ2v) is 9.70. The number of hydrogen-bond donors (Lipinski definition) is 4. The van der Waals surface area contributed by atoms with E-state index >= 15 is 0 Å². The molecule has 5 aliphatic rings. The van der Waals surface area contributed by atoms with Gasteiger partial charge < -0.3 is 10.6 Å². The van der Waals surface area contributed by atoms with Crippen LogP contribution >= 0.6 is 0 Å². The van der Waals surface area contributed by atoms with E-state index < -0.39 is 0 Å². The molecule has 4 N–H and O–H groups in total. The molecule has 0 aliphatic carbocycles. The zero-order valence-corrected chi connectivity index (χ0v) is 17.4. The molecule has 7 heteroatoms. The number of nitrogens with zero attached hydrogens (tertiary/aromatic N) is 2. The molecule has 28 heavy (non-hydrogen) atoms. The van der Waals surface area contributed by atoms with Gasteiger partial charge in [0.2, 0.25) is 0 Å². The molecular formula is C21H40N6O. The molecule has 7 nitrogen and oxygen atoms in total. The predicted molar refractivity (Wildman–Crippen MR) is 110 cm³/mol. The average molecular weight is 393 g/mol. The average Bonchev–Trinajstić information content (AvgIpc) is 3.50. The van der Waals surface area contributed by atoms with E-state index in [1.54, 1.807) is 0 Å². The van der Waals surface area contributed by atoms with Crippen molar-refractivity contribution in [1.29, 1.82) is 0 Å². The van der Waals surface area contributed by atoms with E-state index in [4.69, 9.17) is 4.84 Å². The Labute approximate surface area is 170 Å². The van der Waals surface area contributed by atoms with Crippen LogP contribution in [0.2, 0.25) is 0 Å². The highest BCUT2D eigenvalue weighted by Gasteiger charge is 2.41. The SMILES string of the molecule is C1CCN(C2CC(C3NOC([C@@H]4CCCN4CC4CCNCC4)N3)CCN2)C1. The highest BCUT2D eigenvalue weighted by Crippen LogP contribution is 2.29. The van der Waals surface area contributed by atoms with Gasteiger partial charge in [-0.2, -0.15) is 5.48 Å². The molecule has 5 atom stereocenters. The van der Waals surface area contributed by atoms with Crippen LogP contribution in [-0.2, 0) is 4.84 Å². The van der Waals surface area contributed by atoms with Gasteiger partial charge in [0.15, 0.2) is 0 Å².